The highest BCUT2D eigenvalue weighted by molar-refractivity contribution is 6.04. The second-order valence-corrected chi connectivity index (χ2v) is 5.85. The van der Waals surface area contributed by atoms with Crippen molar-refractivity contribution in [1.29, 1.82) is 0 Å². The Morgan fingerprint density at radius 2 is 2.00 bits per heavy atom. The van der Waals surface area contributed by atoms with Gasteiger partial charge in [-0.05, 0) is 23.8 Å². The van der Waals surface area contributed by atoms with Gasteiger partial charge < -0.3 is 15.3 Å². The average molecular weight is 357 g/mol. The van der Waals surface area contributed by atoms with Gasteiger partial charge in [0.05, 0.1) is 16.7 Å². The molecule has 0 radical (unpaired) electrons. The lowest BCUT2D eigenvalue weighted by molar-refractivity contribution is -0.386. The Kier molecular flexibility index (Phi) is 4.21. The molecule has 3 N–H and O–H groups in total. The van der Waals surface area contributed by atoms with E-state index in [2.05, 4.69) is 5.10 Å². The number of phenolic OH excluding ortho intramolecular Hbond substituents is 3. The molecule has 0 saturated carbocycles. The molecule has 0 saturated heterocycles. The van der Waals surface area contributed by atoms with Crippen LogP contribution in [-0.4, -0.2) is 36.9 Å². The molecule has 9 nitrogen and oxygen atoms in total. The van der Waals surface area contributed by atoms with Crippen molar-refractivity contribution in [2.24, 2.45) is 5.10 Å². The fourth-order valence-electron chi connectivity index (χ4n) is 2.88. The first-order chi connectivity index (χ1) is 12.3. The molecular weight excluding hydrogens is 342 g/mol. The summed E-state index contributed by atoms with van der Waals surface area (Å²) in [6.45, 7) is 1.33. The van der Waals surface area contributed by atoms with Crippen LogP contribution in [0.1, 0.15) is 30.5 Å². The second kappa shape index (κ2) is 6.36. The van der Waals surface area contributed by atoms with Crippen LogP contribution in [0.2, 0.25) is 0 Å². The van der Waals surface area contributed by atoms with E-state index in [0.29, 0.717) is 11.3 Å². The quantitative estimate of drug-likeness (QED) is 0.438. The summed E-state index contributed by atoms with van der Waals surface area (Å²) in [4.78, 5) is 22.2. The van der Waals surface area contributed by atoms with Crippen molar-refractivity contribution >= 4 is 17.3 Å². The molecule has 0 bridgehead atoms. The first kappa shape index (κ1) is 17.2. The Bertz CT molecular complexity index is 940. The van der Waals surface area contributed by atoms with E-state index in [1.807, 2.05) is 0 Å². The van der Waals surface area contributed by atoms with E-state index in [1.54, 1.807) is 12.1 Å². The Hall–Kier alpha value is -3.62. The topological polar surface area (TPSA) is 136 Å². The summed E-state index contributed by atoms with van der Waals surface area (Å²) in [7, 11) is 0. The van der Waals surface area contributed by atoms with Crippen molar-refractivity contribution in [2.45, 2.75) is 19.4 Å². The van der Waals surface area contributed by atoms with Crippen molar-refractivity contribution in [2.75, 3.05) is 0 Å². The number of phenols is 3. The van der Waals surface area contributed by atoms with Gasteiger partial charge in [-0.3, -0.25) is 14.9 Å². The van der Waals surface area contributed by atoms with Gasteiger partial charge in [0.1, 0.15) is 5.75 Å². The Morgan fingerprint density at radius 1 is 1.27 bits per heavy atom. The number of amides is 1. The molecule has 1 heterocycles. The van der Waals surface area contributed by atoms with E-state index in [9.17, 15) is 30.2 Å². The Labute approximate surface area is 147 Å². The van der Waals surface area contributed by atoms with Gasteiger partial charge in [0.25, 0.3) is 0 Å². The van der Waals surface area contributed by atoms with Crippen molar-refractivity contribution in [3.63, 3.8) is 0 Å². The van der Waals surface area contributed by atoms with Crippen LogP contribution in [0.4, 0.5) is 5.69 Å². The number of nitro groups is 1. The number of benzene rings is 2. The normalized spacial score (nSPS) is 16.4. The maximum atomic E-state index is 11.9. The molecule has 2 aromatic carbocycles. The summed E-state index contributed by atoms with van der Waals surface area (Å²) in [5, 5.41) is 45.5. The first-order valence-corrected chi connectivity index (χ1v) is 7.65. The minimum absolute atomic E-state index is 0.0392. The highest BCUT2D eigenvalue weighted by Gasteiger charge is 2.33. The predicted molar refractivity (Wildman–Crippen MR) is 90.9 cm³/mol. The molecule has 0 spiro atoms. The maximum Gasteiger partial charge on any atom is 0.315 e. The van der Waals surface area contributed by atoms with E-state index in [4.69, 9.17) is 0 Å². The SMILES string of the molecule is CC(=O)N1N=C(c2cc(O)c(O)c([N+](=O)[O-])c2)CC1c1cccc(O)c1. The lowest BCUT2D eigenvalue weighted by Gasteiger charge is -2.20. The summed E-state index contributed by atoms with van der Waals surface area (Å²) in [6, 6.07) is 8.13. The highest BCUT2D eigenvalue weighted by Crippen LogP contribution is 2.39. The number of carbonyl (C=O) groups is 1. The molecule has 0 aromatic heterocycles. The van der Waals surface area contributed by atoms with E-state index < -0.39 is 28.2 Å². The van der Waals surface area contributed by atoms with Gasteiger partial charge in [-0.1, -0.05) is 12.1 Å². The van der Waals surface area contributed by atoms with Gasteiger partial charge in [0.2, 0.25) is 11.7 Å². The molecule has 1 unspecified atom stereocenters. The molecule has 2 aromatic rings. The van der Waals surface area contributed by atoms with Crippen LogP contribution < -0.4 is 0 Å². The summed E-state index contributed by atoms with van der Waals surface area (Å²) in [5.41, 5.74) is 0.558. The van der Waals surface area contributed by atoms with Crippen LogP contribution in [0.5, 0.6) is 17.2 Å². The zero-order valence-electron chi connectivity index (χ0n) is 13.7. The summed E-state index contributed by atoms with van der Waals surface area (Å²) in [6.07, 6.45) is 0.227. The van der Waals surface area contributed by atoms with Crippen molar-refractivity contribution < 1.29 is 25.0 Å². The summed E-state index contributed by atoms with van der Waals surface area (Å²) >= 11 is 0. The van der Waals surface area contributed by atoms with Gasteiger partial charge in [0.15, 0.2) is 5.75 Å². The van der Waals surface area contributed by atoms with Crippen LogP contribution in [0.3, 0.4) is 0 Å². The first-order valence-electron chi connectivity index (χ1n) is 7.65. The minimum Gasteiger partial charge on any atom is -0.508 e. The fraction of sp³-hybridized carbons (Fsp3) is 0.176. The zero-order valence-corrected chi connectivity index (χ0v) is 13.7. The monoisotopic (exact) mass is 357 g/mol. The van der Waals surface area contributed by atoms with E-state index in [-0.39, 0.29) is 23.6 Å². The number of nitro benzene ring substituents is 1. The molecule has 0 aliphatic carbocycles. The van der Waals surface area contributed by atoms with Gasteiger partial charge in [-0.2, -0.15) is 5.10 Å². The molecule has 0 fully saturated rings. The molecule has 1 amide bonds. The third-order valence-electron chi connectivity index (χ3n) is 4.09. The smallest absolute Gasteiger partial charge is 0.315 e. The zero-order chi connectivity index (χ0) is 19.0. The number of nitrogens with zero attached hydrogens (tertiary/aromatic N) is 3. The molecule has 1 aliphatic rings. The highest BCUT2D eigenvalue weighted by atomic mass is 16.6. The number of rotatable bonds is 3. The van der Waals surface area contributed by atoms with Gasteiger partial charge >= 0.3 is 5.69 Å². The summed E-state index contributed by atoms with van der Waals surface area (Å²) in [5.74, 6) is -1.78. The van der Waals surface area contributed by atoms with Gasteiger partial charge in [-0.25, -0.2) is 5.01 Å². The predicted octanol–water partition coefficient (Wildman–Crippen LogP) is 2.41. The number of hydrazone groups is 1. The molecule has 26 heavy (non-hydrogen) atoms. The second-order valence-electron chi connectivity index (χ2n) is 5.85. The lowest BCUT2D eigenvalue weighted by atomic mass is 9.97. The van der Waals surface area contributed by atoms with Crippen LogP contribution in [0.25, 0.3) is 0 Å². The Morgan fingerprint density at radius 3 is 2.62 bits per heavy atom. The van der Waals surface area contributed by atoms with Crippen LogP contribution in [0, 0.1) is 10.1 Å². The van der Waals surface area contributed by atoms with E-state index >= 15 is 0 Å². The number of hydrogen-bond acceptors (Lipinski definition) is 7. The number of aromatic hydroxyl groups is 3. The third-order valence-corrected chi connectivity index (χ3v) is 4.09. The number of carbonyl (C=O) groups excluding carboxylic acids is 1. The molecule has 134 valence electrons. The van der Waals surface area contributed by atoms with Crippen molar-refractivity contribution in [3.8, 4) is 17.2 Å². The molecule has 9 heteroatoms. The van der Waals surface area contributed by atoms with Gasteiger partial charge in [0, 0.05) is 25.0 Å². The molecule has 1 atom stereocenters. The third kappa shape index (κ3) is 3.02. The van der Waals surface area contributed by atoms with Gasteiger partial charge in [-0.15, -0.1) is 0 Å². The minimum atomic E-state index is -0.828. The Balaban J connectivity index is 2.03. The van der Waals surface area contributed by atoms with Crippen molar-refractivity contribution in [3.05, 3.63) is 57.6 Å². The molecule has 1 aliphatic heterocycles. The van der Waals surface area contributed by atoms with Crippen molar-refractivity contribution in [1.82, 2.24) is 5.01 Å². The van der Waals surface area contributed by atoms with Crippen LogP contribution in [-0.2, 0) is 4.79 Å². The largest absolute Gasteiger partial charge is 0.508 e. The average Bonchev–Trinajstić information content (AvgIpc) is 3.02. The van der Waals surface area contributed by atoms with Crippen LogP contribution in [0.15, 0.2) is 41.5 Å². The molecular formula is C17H15N3O6. The maximum absolute atomic E-state index is 11.9. The summed E-state index contributed by atoms with van der Waals surface area (Å²) < 4.78 is 0. The fourth-order valence-corrected chi connectivity index (χ4v) is 2.88. The lowest BCUT2D eigenvalue weighted by Crippen LogP contribution is -2.24. The molecule has 3 rings (SSSR count). The van der Waals surface area contributed by atoms with Crippen LogP contribution >= 0.6 is 0 Å². The number of hydrogen-bond donors (Lipinski definition) is 3. The standard InChI is InChI=1S/C17H15N3O6/c1-9(21)19-14(10-3-2-4-12(22)5-10)8-13(18-19)11-6-15(20(25)26)17(24)16(23)7-11/h2-7,14,22-24H,8H2,1H3. The van der Waals surface area contributed by atoms with E-state index in [1.165, 1.54) is 24.1 Å². The van der Waals surface area contributed by atoms with E-state index in [0.717, 1.165) is 12.1 Å².